The quantitative estimate of drug-likeness (QED) is 0.795. The van der Waals surface area contributed by atoms with Crippen LogP contribution in [0.4, 0.5) is 13.2 Å². The first-order chi connectivity index (χ1) is 8.16. The smallest absolute Gasteiger partial charge is 0.381 e. The first kappa shape index (κ1) is 15.8. The number of alkyl halides is 3. The molecule has 0 aromatic rings. The van der Waals surface area contributed by atoms with E-state index in [0.29, 0.717) is 12.5 Å². The van der Waals surface area contributed by atoms with Crippen molar-refractivity contribution in [3.63, 3.8) is 0 Å². The summed E-state index contributed by atoms with van der Waals surface area (Å²) < 4.78 is 41.4. The fourth-order valence-electron chi connectivity index (χ4n) is 2.60. The van der Waals surface area contributed by atoms with Crippen molar-refractivity contribution >= 4 is 0 Å². The highest BCUT2D eigenvalue weighted by molar-refractivity contribution is 5.03. The Labute approximate surface area is 107 Å². The van der Waals surface area contributed by atoms with Crippen molar-refractivity contribution < 1.29 is 17.9 Å². The van der Waals surface area contributed by atoms with Gasteiger partial charge < -0.3 is 10.1 Å². The molecule has 2 nitrogen and oxygen atoms in total. The fourth-order valence-corrected chi connectivity index (χ4v) is 2.60. The second kappa shape index (κ2) is 5.78. The van der Waals surface area contributed by atoms with E-state index < -0.39 is 12.6 Å². The summed E-state index contributed by atoms with van der Waals surface area (Å²) in [5.41, 5.74) is 0.0625. The second-order valence-electron chi connectivity index (χ2n) is 5.91. The van der Waals surface area contributed by atoms with Crippen molar-refractivity contribution in [1.82, 2.24) is 5.32 Å². The van der Waals surface area contributed by atoms with E-state index in [1.54, 1.807) is 7.11 Å². The molecule has 0 aliphatic heterocycles. The van der Waals surface area contributed by atoms with Gasteiger partial charge in [0, 0.05) is 31.0 Å². The minimum atomic E-state index is -4.03. The van der Waals surface area contributed by atoms with Crippen LogP contribution in [0.15, 0.2) is 0 Å². The average Bonchev–Trinajstić information content (AvgIpc) is 2.21. The van der Waals surface area contributed by atoms with Crippen LogP contribution in [-0.2, 0) is 4.74 Å². The van der Waals surface area contributed by atoms with Crippen molar-refractivity contribution in [2.45, 2.75) is 70.8 Å². The van der Waals surface area contributed by atoms with Crippen LogP contribution < -0.4 is 5.32 Å². The monoisotopic (exact) mass is 267 g/mol. The molecule has 1 aliphatic rings. The van der Waals surface area contributed by atoms with Crippen molar-refractivity contribution in [2.75, 3.05) is 7.11 Å². The van der Waals surface area contributed by atoms with Crippen LogP contribution in [0.3, 0.4) is 0 Å². The number of methoxy groups -OCH3 is 1. The topological polar surface area (TPSA) is 21.3 Å². The molecule has 0 saturated heterocycles. The lowest BCUT2D eigenvalue weighted by Gasteiger charge is -2.52. The van der Waals surface area contributed by atoms with Gasteiger partial charge >= 0.3 is 6.18 Å². The van der Waals surface area contributed by atoms with Crippen LogP contribution in [0.2, 0.25) is 0 Å². The second-order valence-corrected chi connectivity index (χ2v) is 5.91. The third kappa shape index (κ3) is 4.12. The van der Waals surface area contributed by atoms with Gasteiger partial charge in [0.1, 0.15) is 0 Å². The van der Waals surface area contributed by atoms with Crippen LogP contribution >= 0.6 is 0 Å². The van der Waals surface area contributed by atoms with Gasteiger partial charge in [-0.15, -0.1) is 0 Å². The molecule has 1 N–H and O–H groups in total. The van der Waals surface area contributed by atoms with E-state index in [2.05, 4.69) is 19.2 Å². The van der Waals surface area contributed by atoms with E-state index in [4.69, 9.17) is 4.74 Å². The molecule has 108 valence electrons. The maximum absolute atomic E-state index is 12.0. The van der Waals surface area contributed by atoms with Gasteiger partial charge in [0.05, 0.1) is 6.10 Å². The molecule has 5 heteroatoms. The summed E-state index contributed by atoms with van der Waals surface area (Å²) in [4.78, 5) is 0. The third-order valence-corrected chi connectivity index (χ3v) is 4.05. The fraction of sp³-hybridized carbons (Fsp3) is 1.00. The number of ether oxygens (including phenoxy) is 1. The van der Waals surface area contributed by atoms with E-state index in [9.17, 15) is 13.2 Å². The summed E-state index contributed by atoms with van der Waals surface area (Å²) in [6.07, 6.45) is -2.78. The van der Waals surface area contributed by atoms with Crippen molar-refractivity contribution in [3.8, 4) is 0 Å². The Balaban J connectivity index is 2.24. The predicted octanol–water partition coefficient (Wildman–Crippen LogP) is 3.51. The molecule has 1 fully saturated rings. The predicted molar refractivity (Wildman–Crippen MR) is 65.5 cm³/mol. The summed E-state index contributed by atoms with van der Waals surface area (Å²) in [6.45, 7) is 6.21. The summed E-state index contributed by atoms with van der Waals surface area (Å²) >= 11 is 0. The van der Waals surface area contributed by atoms with E-state index in [1.807, 2.05) is 6.92 Å². The molecular formula is C13H24F3NO. The number of hydrogen-bond acceptors (Lipinski definition) is 2. The molecule has 1 rings (SSSR count). The van der Waals surface area contributed by atoms with Crippen LogP contribution in [0.5, 0.6) is 0 Å². The van der Waals surface area contributed by atoms with Gasteiger partial charge in [-0.05, 0) is 26.2 Å². The van der Waals surface area contributed by atoms with Crippen LogP contribution in [0.1, 0.15) is 46.5 Å². The van der Waals surface area contributed by atoms with Gasteiger partial charge in [0.2, 0.25) is 0 Å². The van der Waals surface area contributed by atoms with E-state index in [1.165, 1.54) is 0 Å². The zero-order valence-corrected chi connectivity index (χ0v) is 11.6. The first-order valence-electron chi connectivity index (χ1n) is 6.52. The molecule has 0 radical (unpaired) electrons. The maximum Gasteiger partial charge on any atom is 0.389 e. The number of hydrogen-bond donors (Lipinski definition) is 1. The summed E-state index contributed by atoms with van der Waals surface area (Å²) in [6, 6.07) is 0.456. The molecule has 3 unspecified atom stereocenters. The lowest BCUT2D eigenvalue weighted by atomic mass is 9.64. The van der Waals surface area contributed by atoms with Gasteiger partial charge in [-0.2, -0.15) is 13.2 Å². The van der Waals surface area contributed by atoms with Gasteiger partial charge in [0.25, 0.3) is 0 Å². The first-order valence-corrected chi connectivity index (χ1v) is 6.52. The number of nitrogens with one attached hydrogen (secondary N) is 1. The van der Waals surface area contributed by atoms with Crippen LogP contribution in [-0.4, -0.2) is 31.5 Å². The summed E-state index contributed by atoms with van der Waals surface area (Å²) in [5.74, 6) is 0. The highest BCUT2D eigenvalue weighted by Gasteiger charge is 2.48. The van der Waals surface area contributed by atoms with Gasteiger partial charge in [-0.3, -0.25) is 0 Å². The normalized spacial score (nSPS) is 28.8. The molecule has 0 aromatic heterocycles. The number of rotatable bonds is 6. The Morgan fingerprint density at radius 2 is 2.00 bits per heavy atom. The van der Waals surface area contributed by atoms with Crippen LogP contribution in [0, 0.1) is 5.41 Å². The Kier molecular flexibility index (Phi) is 5.06. The molecule has 3 atom stereocenters. The number of halogens is 3. The molecule has 1 aliphatic carbocycles. The van der Waals surface area contributed by atoms with Crippen molar-refractivity contribution in [1.29, 1.82) is 0 Å². The van der Waals surface area contributed by atoms with Gasteiger partial charge in [0.15, 0.2) is 0 Å². The minimum Gasteiger partial charge on any atom is -0.381 e. The molecule has 0 amide bonds. The lowest BCUT2D eigenvalue weighted by molar-refractivity contribution is -0.136. The molecule has 0 heterocycles. The molecule has 18 heavy (non-hydrogen) atoms. The van der Waals surface area contributed by atoms with E-state index in [-0.39, 0.29) is 24.0 Å². The average molecular weight is 267 g/mol. The van der Waals surface area contributed by atoms with E-state index >= 15 is 0 Å². The van der Waals surface area contributed by atoms with Crippen molar-refractivity contribution in [2.24, 2.45) is 5.41 Å². The Bertz CT molecular complexity index is 265. The summed E-state index contributed by atoms with van der Waals surface area (Å²) in [5, 5.41) is 3.41. The maximum atomic E-state index is 12.0. The molecule has 0 spiro atoms. The Morgan fingerprint density at radius 3 is 2.44 bits per heavy atom. The Morgan fingerprint density at radius 1 is 1.39 bits per heavy atom. The Hall–Kier alpha value is -0.290. The standard InChI is InChI=1S/C13H24F3NO/c1-9(6-5-7-13(14,15)16)17-10-8-11(18-4)12(10,2)3/h9-11,17H,5-8H2,1-4H3. The minimum absolute atomic E-state index is 0.0625. The SMILES string of the molecule is COC1CC(NC(C)CCCC(F)(F)F)C1(C)C. The zero-order chi connectivity index (χ0) is 14.0. The largest absolute Gasteiger partial charge is 0.389 e. The summed E-state index contributed by atoms with van der Waals surface area (Å²) in [7, 11) is 1.70. The molecule has 0 bridgehead atoms. The lowest BCUT2D eigenvalue weighted by Crippen LogP contribution is -2.62. The van der Waals surface area contributed by atoms with Gasteiger partial charge in [-0.25, -0.2) is 0 Å². The van der Waals surface area contributed by atoms with Crippen molar-refractivity contribution in [3.05, 3.63) is 0 Å². The molecule has 1 saturated carbocycles. The molecule has 0 aromatic carbocycles. The highest BCUT2D eigenvalue weighted by Crippen LogP contribution is 2.42. The van der Waals surface area contributed by atoms with Crippen LogP contribution in [0.25, 0.3) is 0 Å². The highest BCUT2D eigenvalue weighted by atomic mass is 19.4. The zero-order valence-electron chi connectivity index (χ0n) is 11.6. The van der Waals surface area contributed by atoms with Gasteiger partial charge in [-0.1, -0.05) is 13.8 Å². The molecular weight excluding hydrogens is 243 g/mol. The third-order valence-electron chi connectivity index (χ3n) is 4.05. The van der Waals surface area contributed by atoms with E-state index in [0.717, 1.165) is 6.42 Å².